The number of likely N-dealkylation sites (N-methyl/N-ethyl adjacent to an activating group) is 1. The van der Waals surface area contributed by atoms with E-state index in [0.717, 1.165) is 63.1 Å². The standard InChI is InChI=1S/C29H41Cl3N6O2/c1-18(23-10-9-20(30)16-24(23)31)33-26-25(32)19(2)34-27(35-26)37-14-11-21(12-15-37)36(6)17-22-8-7-13-38(22)28(39)40-29(3,4)5/h9-10,16,18,21-22H,7-8,11-15,17H2,1-6H3,(H,33,34,35)/t18-,22-/m1/s1. The summed E-state index contributed by atoms with van der Waals surface area (Å²) in [5, 5.41) is 5.10. The third-order valence-electron chi connectivity index (χ3n) is 7.66. The number of carbonyl (C=O) groups is 1. The Morgan fingerprint density at radius 3 is 2.50 bits per heavy atom. The van der Waals surface area contributed by atoms with Crippen LogP contribution in [0, 0.1) is 6.92 Å². The van der Waals surface area contributed by atoms with Gasteiger partial charge in [0.05, 0.1) is 11.7 Å². The van der Waals surface area contributed by atoms with Crippen LogP contribution in [0.5, 0.6) is 0 Å². The van der Waals surface area contributed by atoms with Gasteiger partial charge in [0, 0.05) is 48.3 Å². The summed E-state index contributed by atoms with van der Waals surface area (Å²) in [6, 6.07) is 5.95. The molecule has 1 amide bonds. The Morgan fingerprint density at radius 2 is 1.85 bits per heavy atom. The molecule has 0 aliphatic carbocycles. The molecule has 0 spiro atoms. The molecule has 0 bridgehead atoms. The van der Waals surface area contributed by atoms with Crippen LogP contribution in [-0.4, -0.2) is 76.8 Å². The number of rotatable bonds is 7. The predicted molar refractivity (Wildman–Crippen MR) is 164 cm³/mol. The minimum Gasteiger partial charge on any atom is -0.444 e. The largest absolute Gasteiger partial charge is 0.444 e. The lowest BCUT2D eigenvalue weighted by Crippen LogP contribution is -2.49. The Hall–Kier alpha value is -2.00. The first kappa shape index (κ1) is 30.9. The van der Waals surface area contributed by atoms with Gasteiger partial charge in [-0.25, -0.2) is 9.78 Å². The van der Waals surface area contributed by atoms with Gasteiger partial charge in [-0.15, -0.1) is 0 Å². The lowest BCUT2D eigenvalue weighted by molar-refractivity contribution is 0.0188. The van der Waals surface area contributed by atoms with Gasteiger partial charge in [0.1, 0.15) is 10.6 Å². The van der Waals surface area contributed by atoms with Crippen LogP contribution in [-0.2, 0) is 4.74 Å². The molecular formula is C29H41Cl3N6O2. The molecule has 0 unspecified atom stereocenters. The summed E-state index contributed by atoms with van der Waals surface area (Å²) >= 11 is 19.1. The first-order valence-corrected chi connectivity index (χ1v) is 15.2. The molecule has 2 aliphatic rings. The Balaban J connectivity index is 1.36. The Labute approximate surface area is 253 Å². The fourth-order valence-electron chi connectivity index (χ4n) is 5.49. The van der Waals surface area contributed by atoms with Crippen molar-refractivity contribution in [3.8, 4) is 0 Å². The lowest BCUT2D eigenvalue weighted by Gasteiger charge is -2.39. The molecule has 1 aromatic heterocycles. The highest BCUT2D eigenvalue weighted by molar-refractivity contribution is 6.35. The number of hydrogen-bond acceptors (Lipinski definition) is 7. The van der Waals surface area contributed by atoms with E-state index in [4.69, 9.17) is 49.5 Å². The number of anilines is 2. The second-order valence-electron chi connectivity index (χ2n) is 11.9. The molecule has 4 rings (SSSR count). The number of hydrogen-bond donors (Lipinski definition) is 1. The molecule has 2 aromatic rings. The molecule has 1 aromatic carbocycles. The first-order chi connectivity index (χ1) is 18.8. The zero-order chi connectivity index (χ0) is 29.2. The number of aromatic nitrogens is 2. The van der Waals surface area contributed by atoms with E-state index in [1.165, 1.54) is 0 Å². The molecule has 2 saturated heterocycles. The number of amides is 1. The van der Waals surface area contributed by atoms with Gasteiger partial charge in [-0.1, -0.05) is 40.9 Å². The van der Waals surface area contributed by atoms with Crippen LogP contribution in [0.25, 0.3) is 0 Å². The molecular weight excluding hydrogens is 571 g/mol. The molecule has 0 saturated carbocycles. The summed E-state index contributed by atoms with van der Waals surface area (Å²) in [5.74, 6) is 1.26. The number of nitrogens with zero attached hydrogens (tertiary/aromatic N) is 5. The minimum atomic E-state index is -0.485. The quantitative estimate of drug-likeness (QED) is 0.354. The van der Waals surface area contributed by atoms with Crippen molar-refractivity contribution in [2.75, 3.05) is 43.4 Å². The number of aryl methyl sites for hydroxylation is 1. The molecule has 40 heavy (non-hydrogen) atoms. The highest BCUT2D eigenvalue weighted by Gasteiger charge is 2.34. The average molecular weight is 612 g/mol. The third kappa shape index (κ3) is 7.64. The van der Waals surface area contributed by atoms with Crippen molar-refractivity contribution in [3.05, 3.63) is 44.5 Å². The van der Waals surface area contributed by atoms with Gasteiger partial charge in [0.2, 0.25) is 5.95 Å². The van der Waals surface area contributed by atoms with Crippen molar-refractivity contribution in [2.24, 2.45) is 0 Å². The summed E-state index contributed by atoms with van der Waals surface area (Å²) in [6.45, 7) is 12.9. The van der Waals surface area contributed by atoms with Crippen LogP contribution in [0.2, 0.25) is 15.1 Å². The number of nitrogens with one attached hydrogen (secondary N) is 1. The van der Waals surface area contributed by atoms with Crippen LogP contribution < -0.4 is 10.2 Å². The predicted octanol–water partition coefficient (Wildman–Crippen LogP) is 7.22. The third-order valence-corrected chi connectivity index (χ3v) is 8.68. The Morgan fingerprint density at radius 1 is 1.15 bits per heavy atom. The number of benzene rings is 1. The number of ether oxygens (including phenoxy) is 1. The molecule has 2 fully saturated rings. The zero-order valence-corrected chi connectivity index (χ0v) is 26.6. The van der Waals surface area contributed by atoms with E-state index >= 15 is 0 Å². The van der Waals surface area contributed by atoms with E-state index < -0.39 is 5.60 Å². The number of carbonyl (C=O) groups excluding carboxylic acids is 1. The van der Waals surface area contributed by atoms with E-state index in [-0.39, 0.29) is 18.2 Å². The SMILES string of the molecule is Cc1nc(N2CCC(N(C)C[C@H]3CCCN3C(=O)OC(C)(C)C)CC2)nc(N[C@H](C)c2ccc(Cl)cc2Cl)c1Cl. The van der Waals surface area contributed by atoms with Crippen LogP contribution in [0.1, 0.15) is 70.7 Å². The van der Waals surface area contributed by atoms with Crippen molar-refractivity contribution in [3.63, 3.8) is 0 Å². The van der Waals surface area contributed by atoms with Crippen LogP contribution >= 0.6 is 34.8 Å². The maximum atomic E-state index is 12.7. The average Bonchev–Trinajstić information content (AvgIpc) is 3.34. The second kappa shape index (κ2) is 12.9. The first-order valence-electron chi connectivity index (χ1n) is 14.0. The molecule has 2 atom stereocenters. The Kier molecular flexibility index (Phi) is 9.97. The van der Waals surface area contributed by atoms with Crippen molar-refractivity contribution in [2.45, 2.75) is 84.0 Å². The van der Waals surface area contributed by atoms with Crippen molar-refractivity contribution >= 4 is 52.7 Å². The zero-order valence-electron chi connectivity index (χ0n) is 24.3. The molecule has 220 valence electrons. The summed E-state index contributed by atoms with van der Waals surface area (Å²) in [5.41, 5.74) is 1.16. The molecule has 2 aliphatic heterocycles. The maximum absolute atomic E-state index is 12.7. The topological polar surface area (TPSA) is 73.8 Å². The summed E-state index contributed by atoms with van der Waals surface area (Å²) < 4.78 is 5.65. The van der Waals surface area contributed by atoms with Gasteiger partial charge in [0.25, 0.3) is 0 Å². The molecule has 0 radical (unpaired) electrons. The van der Waals surface area contributed by atoms with Gasteiger partial charge >= 0.3 is 6.09 Å². The summed E-state index contributed by atoms with van der Waals surface area (Å²) in [6.07, 6.45) is 3.80. The molecule has 8 nitrogen and oxygen atoms in total. The van der Waals surface area contributed by atoms with E-state index in [2.05, 4.69) is 22.2 Å². The van der Waals surface area contributed by atoms with Gasteiger partial charge < -0.3 is 24.8 Å². The van der Waals surface area contributed by atoms with Crippen LogP contribution in [0.3, 0.4) is 0 Å². The number of piperidine rings is 1. The molecule has 1 N–H and O–H groups in total. The molecule has 11 heteroatoms. The van der Waals surface area contributed by atoms with Crippen LogP contribution in [0.15, 0.2) is 18.2 Å². The van der Waals surface area contributed by atoms with E-state index in [1.807, 2.05) is 51.7 Å². The van der Waals surface area contributed by atoms with Gasteiger partial charge in [-0.05, 0) is 85.0 Å². The number of likely N-dealkylation sites (tertiary alicyclic amines) is 1. The monoisotopic (exact) mass is 610 g/mol. The Bertz CT molecular complexity index is 1200. The highest BCUT2D eigenvalue weighted by atomic mass is 35.5. The normalized spacial score (nSPS) is 19.3. The van der Waals surface area contributed by atoms with E-state index in [1.54, 1.807) is 6.07 Å². The van der Waals surface area contributed by atoms with E-state index in [9.17, 15) is 4.79 Å². The van der Waals surface area contributed by atoms with Crippen molar-refractivity contribution < 1.29 is 9.53 Å². The smallest absolute Gasteiger partial charge is 0.410 e. The van der Waals surface area contributed by atoms with Gasteiger partial charge in [-0.3, -0.25) is 0 Å². The number of halogens is 3. The fraction of sp³-hybridized carbons (Fsp3) is 0.621. The highest BCUT2D eigenvalue weighted by Crippen LogP contribution is 2.33. The van der Waals surface area contributed by atoms with Gasteiger partial charge in [0.15, 0.2) is 5.82 Å². The van der Waals surface area contributed by atoms with Gasteiger partial charge in [-0.2, -0.15) is 4.98 Å². The fourth-order valence-corrected chi connectivity index (χ4v) is 6.20. The van der Waals surface area contributed by atoms with Crippen LogP contribution in [0.4, 0.5) is 16.6 Å². The summed E-state index contributed by atoms with van der Waals surface area (Å²) in [7, 11) is 2.17. The maximum Gasteiger partial charge on any atom is 0.410 e. The lowest BCUT2D eigenvalue weighted by atomic mass is 10.0. The van der Waals surface area contributed by atoms with E-state index in [0.29, 0.717) is 32.9 Å². The molecule has 3 heterocycles. The van der Waals surface area contributed by atoms with Crippen molar-refractivity contribution in [1.82, 2.24) is 19.8 Å². The van der Waals surface area contributed by atoms with Crippen molar-refractivity contribution in [1.29, 1.82) is 0 Å². The second-order valence-corrected chi connectivity index (χ2v) is 13.2. The summed E-state index contributed by atoms with van der Waals surface area (Å²) in [4.78, 5) is 28.8. The minimum absolute atomic E-state index is 0.125.